The summed E-state index contributed by atoms with van der Waals surface area (Å²) < 4.78 is 38.2. The van der Waals surface area contributed by atoms with Crippen LogP contribution in [-0.2, 0) is 11.0 Å². The summed E-state index contributed by atoms with van der Waals surface area (Å²) in [5.41, 5.74) is 4.24. The Morgan fingerprint density at radius 3 is 2.76 bits per heavy atom. The third-order valence-electron chi connectivity index (χ3n) is 3.41. The average Bonchev–Trinajstić information content (AvgIpc) is 2.45. The Morgan fingerprint density at radius 1 is 1.48 bits per heavy atom. The third-order valence-corrected chi connectivity index (χ3v) is 3.41. The fourth-order valence-corrected chi connectivity index (χ4v) is 2.34. The first kappa shape index (κ1) is 15.1. The molecule has 1 atom stereocenters. The third kappa shape index (κ3) is 3.24. The lowest BCUT2D eigenvalue weighted by Gasteiger charge is -2.32. The number of hydrogen-bond donors (Lipinski definition) is 1. The van der Waals surface area contributed by atoms with Gasteiger partial charge in [0.15, 0.2) is 0 Å². The summed E-state index contributed by atoms with van der Waals surface area (Å²) in [6, 6.07) is 3.70. The van der Waals surface area contributed by atoms with E-state index in [0.29, 0.717) is 19.4 Å². The molecule has 1 unspecified atom stereocenters. The van der Waals surface area contributed by atoms with Crippen LogP contribution >= 0.6 is 0 Å². The summed E-state index contributed by atoms with van der Waals surface area (Å²) in [4.78, 5) is 16.3. The Labute approximate surface area is 119 Å². The van der Waals surface area contributed by atoms with E-state index in [4.69, 9.17) is 11.0 Å². The molecular formula is C13H13F3N4O. The Kier molecular flexibility index (Phi) is 4.02. The van der Waals surface area contributed by atoms with Gasteiger partial charge in [-0.05, 0) is 25.0 Å². The molecule has 1 amide bonds. The molecule has 0 spiro atoms. The van der Waals surface area contributed by atoms with E-state index in [9.17, 15) is 18.0 Å². The first-order valence-corrected chi connectivity index (χ1v) is 6.35. The number of nitrogens with zero attached hydrogens (tertiary/aromatic N) is 3. The van der Waals surface area contributed by atoms with Crippen molar-refractivity contribution in [2.75, 3.05) is 18.0 Å². The molecule has 1 aromatic rings. The highest BCUT2D eigenvalue weighted by Crippen LogP contribution is 2.31. The quantitative estimate of drug-likeness (QED) is 0.900. The summed E-state index contributed by atoms with van der Waals surface area (Å²) in [5, 5.41) is 9.03. The van der Waals surface area contributed by atoms with E-state index in [1.54, 1.807) is 0 Å². The predicted octanol–water partition coefficient (Wildman–Crippen LogP) is 1.67. The molecule has 1 aliphatic heterocycles. The molecule has 1 aliphatic rings. The number of nitriles is 1. The zero-order valence-electron chi connectivity index (χ0n) is 11.0. The molecule has 0 saturated carbocycles. The van der Waals surface area contributed by atoms with Crippen LogP contribution in [0.1, 0.15) is 24.1 Å². The van der Waals surface area contributed by atoms with Gasteiger partial charge in [-0.3, -0.25) is 4.79 Å². The molecule has 1 fully saturated rings. The van der Waals surface area contributed by atoms with E-state index >= 15 is 0 Å². The van der Waals surface area contributed by atoms with Gasteiger partial charge < -0.3 is 10.6 Å². The van der Waals surface area contributed by atoms with E-state index in [2.05, 4.69) is 4.98 Å². The molecule has 2 heterocycles. The van der Waals surface area contributed by atoms with E-state index in [1.807, 2.05) is 6.07 Å². The number of alkyl halides is 3. The molecular weight excluding hydrogens is 285 g/mol. The minimum atomic E-state index is -4.58. The molecule has 8 heteroatoms. The van der Waals surface area contributed by atoms with Crippen LogP contribution in [0.15, 0.2) is 12.1 Å². The second-order valence-electron chi connectivity index (χ2n) is 4.86. The van der Waals surface area contributed by atoms with Crippen molar-refractivity contribution < 1.29 is 18.0 Å². The van der Waals surface area contributed by atoms with Gasteiger partial charge in [0.05, 0.1) is 11.5 Å². The maximum atomic E-state index is 12.7. The fraction of sp³-hybridized carbons (Fsp3) is 0.462. The number of amides is 1. The monoisotopic (exact) mass is 298 g/mol. The van der Waals surface area contributed by atoms with Crippen molar-refractivity contribution >= 4 is 11.7 Å². The molecule has 1 aromatic heterocycles. The van der Waals surface area contributed by atoms with E-state index < -0.39 is 23.7 Å². The minimum Gasteiger partial charge on any atom is -0.369 e. The van der Waals surface area contributed by atoms with Crippen molar-refractivity contribution in [1.29, 1.82) is 5.26 Å². The maximum Gasteiger partial charge on any atom is 0.433 e. The molecule has 0 aromatic carbocycles. The molecule has 0 radical (unpaired) electrons. The van der Waals surface area contributed by atoms with Crippen molar-refractivity contribution in [3.05, 3.63) is 23.4 Å². The van der Waals surface area contributed by atoms with Crippen LogP contribution in [0.3, 0.4) is 0 Å². The van der Waals surface area contributed by atoms with Crippen molar-refractivity contribution in [3.63, 3.8) is 0 Å². The number of anilines is 1. The number of pyridine rings is 1. The van der Waals surface area contributed by atoms with Crippen molar-refractivity contribution in [3.8, 4) is 6.07 Å². The number of halogens is 3. The number of carbonyl (C=O) groups excluding carboxylic acids is 1. The lowest BCUT2D eigenvalue weighted by Crippen LogP contribution is -2.42. The number of hydrogen-bond acceptors (Lipinski definition) is 4. The van der Waals surface area contributed by atoms with Crippen LogP contribution in [0, 0.1) is 17.2 Å². The molecule has 112 valence electrons. The Morgan fingerprint density at radius 2 is 2.19 bits per heavy atom. The van der Waals surface area contributed by atoms with Crippen LogP contribution in [0.2, 0.25) is 0 Å². The fourth-order valence-electron chi connectivity index (χ4n) is 2.34. The first-order valence-electron chi connectivity index (χ1n) is 6.35. The average molecular weight is 298 g/mol. The summed E-state index contributed by atoms with van der Waals surface area (Å²) >= 11 is 0. The highest BCUT2D eigenvalue weighted by atomic mass is 19.4. The van der Waals surface area contributed by atoms with E-state index in [0.717, 1.165) is 12.1 Å². The van der Waals surface area contributed by atoms with Crippen molar-refractivity contribution in [2.24, 2.45) is 11.7 Å². The van der Waals surface area contributed by atoms with Crippen molar-refractivity contribution in [2.45, 2.75) is 19.0 Å². The Hall–Kier alpha value is -2.30. The largest absolute Gasteiger partial charge is 0.433 e. The Bertz CT molecular complexity index is 594. The molecule has 21 heavy (non-hydrogen) atoms. The van der Waals surface area contributed by atoms with Gasteiger partial charge in [0.25, 0.3) is 0 Å². The lowest BCUT2D eigenvalue weighted by atomic mass is 9.97. The van der Waals surface area contributed by atoms with Gasteiger partial charge in [0, 0.05) is 13.1 Å². The van der Waals surface area contributed by atoms with Crippen LogP contribution in [0.25, 0.3) is 0 Å². The lowest BCUT2D eigenvalue weighted by molar-refractivity contribution is -0.141. The topological polar surface area (TPSA) is 83.0 Å². The maximum absolute atomic E-state index is 12.7. The summed E-state index contributed by atoms with van der Waals surface area (Å²) in [5.74, 6) is -0.981. The van der Waals surface area contributed by atoms with Crippen LogP contribution in [0.5, 0.6) is 0 Å². The second kappa shape index (κ2) is 5.60. The Balaban J connectivity index is 2.37. The number of carbonyl (C=O) groups is 1. The predicted molar refractivity (Wildman–Crippen MR) is 68.1 cm³/mol. The standard InChI is InChI=1S/C13H13F3N4O/c14-13(15,16)10-4-3-8(6-17)12(19-10)20-5-1-2-9(7-20)11(18)21/h3-4,9H,1-2,5,7H2,(H2,18,21). The van der Waals surface area contributed by atoms with Gasteiger partial charge in [-0.1, -0.05) is 0 Å². The molecule has 5 nitrogen and oxygen atoms in total. The summed E-state index contributed by atoms with van der Waals surface area (Å²) in [6.07, 6.45) is -3.38. The first-order chi connectivity index (χ1) is 9.82. The van der Waals surface area contributed by atoms with Crippen molar-refractivity contribution in [1.82, 2.24) is 4.98 Å². The summed E-state index contributed by atoms with van der Waals surface area (Å²) in [6.45, 7) is 0.616. The SMILES string of the molecule is N#Cc1ccc(C(F)(F)F)nc1N1CCCC(C(N)=O)C1. The molecule has 0 aliphatic carbocycles. The van der Waals surface area contributed by atoms with E-state index in [1.165, 1.54) is 4.90 Å². The number of aromatic nitrogens is 1. The van der Waals surface area contributed by atoms with Gasteiger partial charge >= 0.3 is 6.18 Å². The number of nitrogens with two attached hydrogens (primary N) is 1. The van der Waals surface area contributed by atoms with Gasteiger partial charge in [-0.15, -0.1) is 0 Å². The van der Waals surface area contributed by atoms with Crippen LogP contribution < -0.4 is 10.6 Å². The highest BCUT2D eigenvalue weighted by Gasteiger charge is 2.34. The zero-order chi connectivity index (χ0) is 15.6. The van der Waals surface area contributed by atoms with Gasteiger partial charge in [-0.2, -0.15) is 18.4 Å². The van der Waals surface area contributed by atoms with Gasteiger partial charge in [-0.25, -0.2) is 4.98 Å². The second-order valence-corrected chi connectivity index (χ2v) is 4.86. The van der Waals surface area contributed by atoms with E-state index in [-0.39, 0.29) is 17.9 Å². The summed E-state index contributed by atoms with van der Waals surface area (Å²) in [7, 11) is 0. The minimum absolute atomic E-state index is 0.0433. The molecule has 2 rings (SSSR count). The zero-order valence-corrected chi connectivity index (χ0v) is 11.0. The van der Waals surface area contributed by atoms with Crippen LogP contribution in [0.4, 0.5) is 19.0 Å². The molecule has 1 saturated heterocycles. The van der Waals surface area contributed by atoms with Crippen LogP contribution in [-0.4, -0.2) is 24.0 Å². The normalized spacial score (nSPS) is 19.1. The molecule has 2 N–H and O–H groups in total. The smallest absolute Gasteiger partial charge is 0.369 e. The number of piperidine rings is 1. The highest BCUT2D eigenvalue weighted by molar-refractivity contribution is 5.77. The van der Waals surface area contributed by atoms with Gasteiger partial charge in [0.2, 0.25) is 5.91 Å². The molecule has 0 bridgehead atoms. The van der Waals surface area contributed by atoms with Gasteiger partial charge in [0.1, 0.15) is 17.6 Å². The number of rotatable bonds is 2. The number of primary amides is 1.